The fourth-order valence-electron chi connectivity index (χ4n) is 2.65. The third-order valence-electron chi connectivity index (χ3n) is 3.99. The molecule has 0 saturated carbocycles. The van der Waals surface area contributed by atoms with Crippen LogP contribution in [0.4, 0.5) is 0 Å². The molecule has 1 saturated heterocycles. The summed E-state index contributed by atoms with van der Waals surface area (Å²) in [7, 11) is 1.28. The van der Waals surface area contributed by atoms with E-state index in [-0.39, 0.29) is 17.7 Å². The fourth-order valence-corrected chi connectivity index (χ4v) is 3.17. The van der Waals surface area contributed by atoms with Crippen LogP contribution in [-0.4, -0.2) is 42.9 Å². The van der Waals surface area contributed by atoms with E-state index in [0.29, 0.717) is 29.5 Å². The van der Waals surface area contributed by atoms with Crippen LogP contribution in [0, 0.1) is 5.92 Å². The average Bonchev–Trinajstić information content (AvgIpc) is 3.09. The van der Waals surface area contributed by atoms with Crippen molar-refractivity contribution in [2.45, 2.75) is 12.5 Å². The number of amides is 2. The number of esters is 1. The number of methoxy groups -OCH3 is 1. The highest BCUT2D eigenvalue weighted by Crippen LogP contribution is 2.25. The van der Waals surface area contributed by atoms with E-state index in [1.165, 1.54) is 13.2 Å². The number of likely N-dealkylation sites (tertiary alicyclic amines) is 1. The van der Waals surface area contributed by atoms with Gasteiger partial charge in [-0.3, -0.25) is 9.59 Å². The quantitative estimate of drug-likeness (QED) is 0.610. The third kappa shape index (κ3) is 4.03. The first-order valence-corrected chi connectivity index (χ1v) is 8.31. The number of nitrogens with zero attached hydrogens (tertiary/aromatic N) is 1. The number of ether oxygens (including phenoxy) is 1. The standard InChI is InChI=1S/C17H19BrN2O4/c1-3-14(21)20-9-8-11(10-20)16(22)19-15(17(23)24-2)12-6-4-5-7-13(12)18/h3-7,11,15H,1,8-10H2,2H3,(H,19,22). The normalized spacial score (nSPS) is 17.9. The molecule has 0 aromatic heterocycles. The Morgan fingerprint density at radius 3 is 2.75 bits per heavy atom. The van der Waals surface area contributed by atoms with Gasteiger partial charge in [0.2, 0.25) is 11.8 Å². The smallest absolute Gasteiger partial charge is 0.333 e. The Morgan fingerprint density at radius 1 is 1.42 bits per heavy atom. The van der Waals surface area contributed by atoms with Gasteiger partial charge < -0.3 is 15.0 Å². The molecule has 1 aliphatic heterocycles. The van der Waals surface area contributed by atoms with Gasteiger partial charge in [-0.25, -0.2) is 4.79 Å². The van der Waals surface area contributed by atoms with Crippen molar-refractivity contribution < 1.29 is 19.1 Å². The van der Waals surface area contributed by atoms with Gasteiger partial charge in [0, 0.05) is 17.6 Å². The first-order chi connectivity index (χ1) is 11.5. The van der Waals surface area contributed by atoms with Crippen LogP contribution >= 0.6 is 15.9 Å². The van der Waals surface area contributed by atoms with Crippen molar-refractivity contribution >= 4 is 33.7 Å². The van der Waals surface area contributed by atoms with Crippen LogP contribution in [-0.2, 0) is 19.1 Å². The summed E-state index contributed by atoms with van der Waals surface area (Å²) in [5, 5.41) is 2.74. The number of hydrogen-bond acceptors (Lipinski definition) is 4. The Balaban J connectivity index is 2.12. The molecule has 0 bridgehead atoms. The zero-order valence-corrected chi connectivity index (χ0v) is 14.9. The van der Waals surface area contributed by atoms with Crippen molar-refractivity contribution in [3.63, 3.8) is 0 Å². The second kappa shape index (κ2) is 8.10. The second-order valence-corrected chi connectivity index (χ2v) is 6.31. The van der Waals surface area contributed by atoms with Gasteiger partial charge in [0.25, 0.3) is 0 Å². The lowest BCUT2D eigenvalue weighted by molar-refractivity contribution is -0.145. The Hall–Kier alpha value is -2.15. The molecule has 0 radical (unpaired) electrons. The van der Waals surface area contributed by atoms with E-state index in [9.17, 15) is 14.4 Å². The maximum absolute atomic E-state index is 12.5. The van der Waals surface area contributed by atoms with Gasteiger partial charge in [-0.05, 0) is 24.1 Å². The molecule has 2 unspecified atom stereocenters. The molecule has 2 amide bonds. The van der Waals surface area contributed by atoms with E-state index in [1.54, 1.807) is 23.1 Å². The van der Waals surface area contributed by atoms with Crippen molar-refractivity contribution in [1.29, 1.82) is 0 Å². The van der Waals surface area contributed by atoms with E-state index in [1.807, 2.05) is 6.07 Å². The highest BCUT2D eigenvalue weighted by atomic mass is 79.9. The lowest BCUT2D eigenvalue weighted by atomic mass is 10.0. The third-order valence-corrected chi connectivity index (χ3v) is 4.71. The van der Waals surface area contributed by atoms with Gasteiger partial charge in [-0.1, -0.05) is 40.7 Å². The molecule has 1 aliphatic rings. The molecule has 7 heteroatoms. The van der Waals surface area contributed by atoms with Gasteiger partial charge in [0.1, 0.15) is 0 Å². The molecule has 24 heavy (non-hydrogen) atoms. The summed E-state index contributed by atoms with van der Waals surface area (Å²) < 4.78 is 5.51. The summed E-state index contributed by atoms with van der Waals surface area (Å²) in [4.78, 5) is 37.8. The van der Waals surface area contributed by atoms with E-state index in [0.717, 1.165) is 0 Å². The van der Waals surface area contributed by atoms with Gasteiger partial charge in [0.15, 0.2) is 6.04 Å². The minimum Gasteiger partial charge on any atom is -0.467 e. The Morgan fingerprint density at radius 2 is 2.12 bits per heavy atom. The SMILES string of the molecule is C=CC(=O)N1CCC(C(=O)NC(C(=O)OC)c2ccccc2Br)C1. The summed E-state index contributed by atoms with van der Waals surface area (Å²) in [6.45, 7) is 4.27. The fraction of sp³-hybridized carbons (Fsp3) is 0.353. The minimum absolute atomic E-state index is 0.194. The Kier molecular flexibility index (Phi) is 6.14. The zero-order valence-electron chi connectivity index (χ0n) is 13.3. The van der Waals surface area contributed by atoms with Crippen molar-refractivity contribution in [3.05, 3.63) is 47.0 Å². The Labute approximate surface area is 149 Å². The molecule has 1 aromatic rings. The number of carbonyl (C=O) groups is 3. The van der Waals surface area contributed by atoms with Crippen LogP contribution in [0.25, 0.3) is 0 Å². The molecular weight excluding hydrogens is 376 g/mol. The highest BCUT2D eigenvalue weighted by molar-refractivity contribution is 9.10. The molecule has 2 rings (SSSR count). The number of carbonyl (C=O) groups excluding carboxylic acids is 3. The summed E-state index contributed by atoms with van der Waals surface area (Å²) >= 11 is 3.38. The van der Waals surface area contributed by atoms with Crippen molar-refractivity contribution in [2.24, 2.45) is 5.92 Å². The molecule has 0 aliphatic carbocycles. The number of halogens is 1. The lowest BCUT2D eigenvalue weighted by Crippen LogP contribution is -2.39. The molecule has 0 spiro atoms. The van der Waals surface area contributed by atoms with Crippen LogP contribution in [0.2, 0.25) is 0 Å². The topological polar surface area (TPSA) is 75.7 Å². The molecule has 2 atom stereocenters. The molecular formula is C17H19BrN2O4. The summed E-state index contributed by atoms with van der Waals surface area (Å²) in [5.41, 5.74) is 0.620. The summed E-state index contributed by atoms with van der Waals surface area (Å²) in [6, 6.07) is 6.23. The molecule has 128 valence electrons. The van der Waals surface area contributed by atoms with Crippen LogP contribution in [0.3, 0.4) is 0 Å². The number of rotatable bonds is 5. The maximum Gasteiger partial charge on any atom is 0.333 e. The summed E-state index contributed by atoms with van der Waals surface area (Å²) in [6.07, 6.45) is 1.79. The number of nitrogens with one attached hydrogen (secondary N) is 1. The van der Waals surface area contributed by atoms with Crippen molar-refractivity contribution in [2.75, 3.05) is 20.2 Å². The summed E-state index contributed by atoms with van der Waals surface area (Å²) in [5.74, 6) is -1.38. The van der Waals surface area contributed by atoms with Gasteiger partial charge in [-0.15, -0.1) is 0 Å². The minimum atomic E-state index is -0.901. The first-order valence-electron chi connectivity index (χ1n) is 7.52. The second-order valence-electron chi connectivity index (χ2n) is 5.46. The van der Waals surface area contributed by atoms with E-state index < -0.39 is 12.0 Å². The highest BCUT2D eigenvalue weighted by Gasteiger charge is 2.33. The van der Waals surface area contributed by atoms with E-state index in [4.69, 9.17) is 4.74 Å². The molecule has 1 heterocycles. The zero-order chi connectivity index (χ0) is 17.7. The van der Waals surface area contributed by atoms with Crippen LogP contribution in [0.15, 0.2) is 41.4 Å². The van der Waals surface area contributed by atoms with Gasteiger partial charge in [0.05, 0.1) is 13.0 Å². The molecule has 1 N–H and O–H groups in total. The number of benzene rings is 1. The predicted molar refractivity (Wildman–Crippen MR) is 91.9 cm³/mol. The van der Waals surface area contributed by atoms with Crippen molar-refractivity contribution in [1.82, 2.24) is 10.2 Å². The Bertz CT molecular complexity index is 662. The van der Waals surface area contributed by atoms with E-state index >= 15 is 0 Å². The predicted octanol–water partition coefficient (Wildman–Crippen LogP) is 1.81. The monoisotopic (exact) mass is 394 g/mol. The van der Waals surface area contributed by atoms with Crippen molar-refractivity contribution in [3.8, 4) is 0 Å². The van der Waals surface area contributed by atoms with Crippen LogP contribution in [0.1, 0.15) is 18.0 Å². The first kappa shape index (κ1) is 18.2. The average molecular weight is 395 g/mol. The lowest BCUT2D eigenvalue weighted by Gasteiger charge is -2.20. The largest absolute Gasteiger partial charge is 0.467 e. The molecule has 6 nitrogen and oxygen atoms in total. The van der Waals surface area contributed by atoms with E-state index in [2.05, 4.69) is 27.8 Å². The van der Waals surface area contributed by atoms with Gasteiger partial charge in [-0.2, -0.15) is 0 Å². The molecule has 1 aromatic carbocycles. The maximum atomic E-state index is 12.5. The van der Waals surface area contributed by atoms with Crippen LogP contribution < -0.4 is 5.32 Å². The van der Waals surface area contributed by atoms with Gasteiger partial charge >= 0.3 is 5.97 Å². The molecule has 1 fully saturated rings. The van der Waals surface area contributed by atoms with Crippen LogP contribution in [0.5, 0.6) is 0 Å². The number of hydrogen-bond donors (Lipinski definition) is 1.